The van der Waals surface area contributed by atoms with Gasteiger partial charge < -0.3 is 10.1 Å². The molecular formula is C22H28N5O2+. The van der Waals surface area contributed by atoms with E-state index in [9.17, 15) is 4.79 Å². The molecule has 7 heteroatoms. The van der Waals surface area contributed by atoms with Crippen LogP contribution < -0.4 is 10.6 Å². The highest BCUT2D eigenvalue weighted by atomic mass is 16.6. The molecule has 1 aliphatic rings. The van der Waals surface area contributed by atoms with Crippen LogP contribution in [0.25, 0.3) is 0 Å². The quantitative estimate of drug-likeness (QED) is 0.682. The van der Waals surface area contributed by atoms with Gasteiger partial charge in [0.2, 0.25) is 6.04 Å². The van der Waals surface area contributed by atoms with Gasteiger partial charge in [-0.25, -0.2) is 4.79 Å². The van der Waals surface area contributed by atoms with E-state index in [1.54, 1.807) is 4.68 Å². The van der Waals surface area contributed by atoms with Crippen LogP contribution in [0.1, 0.15) is 31.9 Å². The highest BCUT2D eigenvalue weighted by Crippen LogP contribution is 2.23. The van der Waals surface area contributed by atoms with E-state index in [-0.39, 0.29) is 6.04 Å². The molecule has 7 nitrogen and oxygen atoms in total. The molecule has 0 fully saturated rings. The van der Waals surface area contributed by atoms with Gasteiger partial charge >= 0.3 is 6.09 Å². The van der Waals surface area contributed by atoms with E-state index in [1.165, 1.54) is 11.1 Å². The number of hydrogen-bond donors (Lipinski definition) is 2. The fraction of sp³-hybridized carbons (Fsp3) is 0.364. The Morgan fingerprint density at radius 3 is 2.52 bits per heavy atom. The largest absolute Gasteiger partial charge is 0.444 e. The third-order valence-corrected chi connectivity index (χ3v) is 4.43. The Kier molecular flexibility index (Phi) is 5.96. The molecule has 0 saturated carbocycles. The topological polar surface area (TPSA) is 78.1 Å². The number of rotatable bonds is 5. The number of ether oxygens (including phenoxy) is 1. The van der Waals surface area contributed by atoms with Crippen molar-refractivity contribution in [1.82, 2.24) is 0 Å². The molecule has 1 unspecified atom stereocenters. The minimum absolute atomic E-state index is 0.105. The normalized spacial score (nSPS) is 15.8. The molecule has 0 aliphatic carbocycles. The second-order valence-corrected chi connectivity index (χ2v) is 8.09. The fourth-order valence-electron chi connectivity index (χ4n) is 2.82. The van der Waals surface area contributed by atoms with Crippen molar-refractivity contribution in [3.8, 4) is 0 Å². The summed E-state index contributed by atoms with van der Waals surface area (Å²) in [5, 5.41) is 14.7. The van der Waals surface area contributed by atoms with E-state index in [2.05, 4.69) is 47.0 Å². The zero-order valence-corrected chi connectivity index (χ0v) is 17.6. The molecule has 1 aliphatic heterocycles. The Labute approximate surface area is 171 Å². The Hall–Kier alpha value is -3.22. The number of para-hydroxylation sites is 2. The van der Waals surface area contributed by atoms with Crippen LogP contribution in [0.2, 0.25) is 0 Å². The highest BCUT2D eigenvalue weighted by Gasteiger charge is 2.24. The molecule has 2 aromatic carbocycles. The van der Waals surface area contributed by atoms with Crippen LogP contribution in [0.3, 0.4) is 0 Å². The number of nitrogens with one attached hydrogen (secondary N) is 2. The number of carbonyl (C=O) groups excluding carboxylic acids is 1. The molecule has 2 N–H and O–H groups in total. The average Bonchev–Trinajstić information content (AvgIpc) is 3.11. The minimum Gasteiger partial charge on any atom is -0.444 e. The van der Waals surface area contributed by atoms with Crippen LogP contribution in [-0.2, 0) is 4.74 Å². The Bertz CT molecular complexity index is 960. The second-order valence-electron chi connectivity index (χ2n) is 8.09. The molecule has 1 heterocycles. The van der Waals surface area contributed by atoms with Gasteiger partial charge in [0.15, 0.2) is 11.9 Å². The zero-order chi connectivity index (χ0) is 21.0. The first-order valence-electron chi connectivity index (χ1n) is 9.66. The Morgan fingerprint density at radius 1 is 1.10 bits per heavy atom. The van der Waals surface area contributed by atoms with Crippen LogP contribution in [0.4, 0.5) is 21.9 Å². The molecule has 0 bridgehead atoms. The van der Waals surface area contributed by atoms with Crippen LogP contribution >= 0.6 is 0 Å². The molecular weight excluding hydrogens is 366 g/mol. The maximum absolute atomic E-state index is 12.1. The molecule has 3 rings (SSSR count). The van der Waals surface area contributed by atoms with Gasteiger partial charge in [-0.1, -0.05) is 18.2 Å². The molecule has 2 aromatic rings. The van der Waals surface area contributed by atoms with Crippen molar-refractivity contribution in [2.45, 2.75) is 46.3 Å². The lowest BCUT2D eigenvalue weighted by atomic mass is 10.1. The smallest absolute Gasteiger partial charge is 0.412 e. The van der Waals surface area contributed by atoms with Gasteiger partial charge in [0.1, 0.15) is 10.8 Å². The SMILES string of the molecule is Cc1ccc([N+]2=CC(CNc3ccccc3NC(=O)OC(C)(C)C)N=N2)cc1C. The maximum Gasteiger partial charge on any atom is 0.412 e. The first-order chi connectivity index (χ1) is 13.7. The summed E-state index contributed by atoms with van der Waals surface area (Å²) in [7, 11) is 0. The van der Waals surface area contributed by atoms with E-state index in [1.807, 2.05) is 57.3 Å². The van der Waals surface area contributed by atoms with E-state index in [0.29, 0.717) is 12.2 Å². The fourth-order valence-corrected chi connectivity index (χ4v) is 2.82. The van der Waals surface area contributed by atoms with E-state index in [0.717, 1.165) is 11.4 Å². The number of benzene rings is 2. The summed E-state index contributed by atoms with van der Waals surface area (Å²) in [6.45, 7) is 10.2. The lowest BCUT2D eigenvalue weighted by molar-refractivity contribution is -0.444. The van der Waals surface area contributed by atoms with Crippen molar-refractivity contribution in [1.29, 1.82) is 0 Å². The van der Waals surface area contributed by atoms with Crippen LogP contribution in [0, 0.1) is 13.8 Å². The number of hydrogen-bond acceptors (Lipinski definition) is 5. The highest BCUT2D eigenvalue weighted by molar-refractivity contribution is 5.89. The van der Waals surface area contributed by atoms with Crippen molar-refractivity contribution in [2.24, 2.45) is 10.3 Å². The molecule has 1 atom stereocenters. The van der Waals surface area contributed by atoms with Crippen molar-refractivity contribution in [3.05, 3.63) is 53.6 Å². The van der Waals surface area contributed by atoms with Crippen molar-refractivity contribution in [3.63, 3.8) is 0 Å². The van der Waals surface area contributed by atoms with Crippen molar-refractivity contribution >= 4 is 29.4 Å². The van der Waals surface area contributed by atoms with Gasteiger partial charge in [-0.3, -0.25) is 5.32 Å². The van der Waals surface area contributed by atoms with Gasteiger partial charge in [-0.05, 0) is 70.0 Å². The summed E-state index contributed by atoms with van der Waals surface area (Å²) < 4.78 is 7.13. The van der Waals surface area contributed by atoms with Crippen LogP contribution in [-0.4, -0.2) is 35.2 Å². The Morgan fingerprint density at radius 2 is 1.83 bits per heavy atom. The van der Waals surface area contributed by atoms with Gasteiger partial charge in [-0.15, -0.1) is 4.68 Å². The molecule has 1 amide bonds. The van der Waals surface area contributed by atoms with Crippen LogP contribution in [0.5, 0.6) is 0 Å². The molecule has 0 radical (unpaired) electrons. The monoisotopic (exact) mass is 394 g/mol. The number of aryl methyl sites for hydroxylation is 2. The van der Waals surface area contributed by atoms with E-state index >= 15 is 0 Å². The van der Waals surface area contributed by atoms with Gasteiger partial charge in [0, 0.05) is 5.11 Å². The second kappa shape index (κ2) is 8.43. The Balaban J connectivity index is 1.64. The lowest BCUT2D eigenvalue weighted by Crippen LogP contribution is -2.27. The summed E-state index contributed by atoms with van der Waals surface area (Å²) >= 11 is 0. The minimum atomic E-state index is -0.552. The third kappa shape index (κ3) is 5.63. The number of anilines is 2. The number of amides is 1. The maximum atomic E-state index is 12.1. The van der Waals surface area contributed by atoms with E-state index < -0.39 is 11.7 Å². The van der Waals surface area contributed by atoms with Gasteiger partial charge in [0.05, 0.1) is 17.9 Å². The van der Waals surface area contributed by atoms with Gasteiger partial charge in [0.25, 0.3) is 0 Å². The zero-order valence-electron chi connectivity index (χ0n) is 17.6. The predicted molar refractivity (Wildman–Crippen MR) is 115 cm³/mol. The van der Waals surface area contributed by atoms with E-state index in [4.69, 9.17) is 4.74 Å². The number of nitrogens with zero attached hydrogens (tertiary/aromatic N) is 3. The summed E-state index contributed by atoms with van der Waals surface area (Å²) in [4.78, 5) is 12.1. The molecule has 29 heavy (non-hydrogen) atoms. The molecule has 152 valence electrons. The average molecular weight is 394 g/mol. The molecule has 0 spiro atoms. The molecule has 0 aromatic heterocycles. The molecule has 0 saturated heterocycles. The first kappa shape index (κ1) is 20.5. The van der Waals surface area contributed by atoms with Gasteiger partial charge in [-0.2, -0.15) is 0 Å². The van der Waals surface area contributed by atoms with Crippen LogP contribution in [0.15, 0.2) is 52.8 Å². The van der Waals surface area contributed by atoms with Crippen molar-refractivity contribution < 1.29 is 14.2 Å². The summed E-state index contributed by atoms with van der Waals surface area (Å²) in [6, 6.07) is 13.6. The lowest BCUT2D eigenvalue weighted by Gasteiger charge is -2.20. The number of carbonyl (C=O) groups is 1. The van der Waals surface area contributed by atoms with Crippen molar-refractivity contribution in [2.75, 3.05) is 17.2 Å². The summed E-state index contributed by atoms with van der Waals surface area (Å²) in [6.07, 6.45) is 1.49. The first-order valence-corrected chi connectivity index (χ1v) is 9.66. The standard InChI is InChI=1S/C22H27N5O2/c1-15-10-11-18(12-16(15)2)27-14-17(25-26-27)13-23-19-8-6-7-9-20(19)24-21(28)29-22(3,4)5/h6-12,14,17H,13H2,1-5H3,(H-,23,24,25,26,28)/p+1. The predicted octanol–water partition coefficient (Wildman–Crippen LogP) is 5.23. The summed E-state index contributed by atoms with van der Waals surface area (Å²) in [5.74, 6) is 0. The third-order valence-electron chi connectivity index (χ3n) is 4.43. The summed E-state index contributed by atoms with van der Waals surface area (Å²) in [5.41, 5.74) is 4.36.